The number of anilines is 1. The number of benzene rings is 2. The number of hydrogen-bond acceptors (Lipinski definition) is 2. The Labute approximate surface area is 131 Å². The van der Waals surface area contributed by atoms with Gasteiger partial charge in [-0.2, -0.15) is 0 Å². The van der Waals surface area contributed by atoms with Crippen LogP contribution in [0.2, 0.25) is 10.0 Å². The highest BCUT2D eigenvalue weighted by Crippen LogP contribution is 2.22. The molecule has 0 bridgehead atoms. The lowest BCUT2D eigenvalue weighted by Gasteiger charge is -2.15. The molecule has 110 valence electrons. The van der Waals surface area contributed by atoms with Crippen molar-refractivity contribution in [1.82, 2.24) is 0 Å². The Bertz CT molecular complexity index is 664. The second-order valence-electron chi connectivity index (χ2n) is 4.34. The summed E-state index contributed by atoms with van der Waals surface area (Å²) in [4.78, 5) is 12.0. The van der Waals surface area contributed by atoms with Crippen molar-refractivity contribution in [1.29, 1.82) is 0 Å². The van der Waals surface area contributed by atoms with Crippen LogP contribution in [-0.2, 0) is 4.79 Å². The van der Waals surface area contributed by atoms with Crippen molar-refractivity contribution in [2.75, 3.05) is 5.32 Å². The van der Waals surface area contributed by atoms with Gasteiger partial charge in [-0.1, -0.05) is 29.3 Å². The number of halogens is 3. The highest BCUT2D eigenvalue weighted by atomic mass is 35.5. The van der Waals surface area contributed by atoms with Crippen LogP contribution in [-0.4, -0.2) is 12.0 Å². The lowest BCUT2D eigenvalue weighted by molar-refractivity contribution is -0.122. The Morgan fingerprint density at radius 2 is 2.00 bits per heavy atom. The van der Waals surface area contributed by atoms with Gasteiger partial charge in [-0.3, -0.25) is 4.79 Å². The standard InChI is InChI=1S/C15H12Cl2FNO2/c1-9(21-12-5-6-14(18)13(17)8-12)15(20)19-11-4-2-3-10(16)7-11/h2-9H,1H3,(H,19,20)/t9-/m0/s1. The first kappa shape index (κ1) is 15.6. The van der Waals surface area contributed by atoms with E-state index >= 15 is 0 Å². The highest BCUT2D eigenvalue weighted by molar-refractivity contribution is 6.31. The van der Waals surface area contributed by atoms with E-state index in [1.807, 2.05) is 0 Å². The van der Waals surface area contributed by atoms with E-state index in [2.05, 4.69) is 5.32 Å². The summed E-state index contributed by atoms with van der Waals surface area (Å²) in [6, 6.07) is 10.7. The second-order valence-corrected chi connectivity index (χ2v) is 5.18. The number of carbonyl (C=O) groups is 1. The zero-order valence-electron chi connectivity index (χ0n) is 11.1. The van der Waals surface area contributed by atoms with Gasteiger partial charge in [-0.15, -0.1) is 0 Å². The summed E-state index contributed by atoms with van der Waals surface area (Å²) < 4.78 is 18.5. The van der Waals surface area contributed by atoms with Gasteiger partial charge >= 0.3 is 0 Å². The van der Waals surface area contributed by atoms with Gasteiger partial charge in [0.2, 0.25) is 0 Å². The molecule has 0 heterocycles. The van der Waals surface area contributed by atoms with Crippen LogP contribution in [0.3, 0.4) is 0 Å². The van der Waals surface area contributed by atoms with E-state index in [0.717, 1.165) is 0 Å². The summed E-state index contributed by atoms with van der Waals surface area (Å²) >= 11 is 11.5. The van der Waals surface area contributed by atoms with Crippen molar-refractivity contribution in [3.63, 3.8) is 0 Å². The molecule has 1 N–H and O–H groups in total. The van der Waals surface area contributed by atoms with Gasteiger partial charge in [-0.25, -0.2) is 4.39 Å². The predicted molar refractivity (Wildman–Crippen MR) is 81.6 cm³/mol. The summed E-state index contributed by atoms with van der Waals surface area (Å²) in [6.45, 7) is 1.58. The fraction of sp³-hybridized carbons (Fsp3) is 0.133. The molecule has 0 saturated carbocycles. The molecule has 0 aliphatic rings. The number of nitrogens with one attached hydrogen (secondary N) is 1. The van der Waals surface area contributed by atoms with Gasteiger partial charge in [0.25, 0.3) is 5.91 Å². The maximum absolute atomic E-state index is 13.0. The third-order valence-corrected chi connectivity index (χ3v) is 3.19. The van der Waals surface area contributed by atoms with E-state index in [9.17, 15) is 9.18 Å². The van der Waals surface area contributed by atoms with E-state index in [1.54, 1.807) is 31.2 Å². The average Bonchev–Trinajstić information content (AvgIpc) is 2.43. The average molecular weight is 328 g/mol. The molecular weight excluding hydrogens is 316 g/mol. The van der Waals surface area contributed by atoms with Gasteiger partial charge in [-0.05, 0) is 37.3 Å². The van der Waals surface area contributed by atoms with Crippen molar-refractivity contribution < 1.29 is 13.9 Å². The first-order valence-corrected chi connectivity index (χ1v) is 6.89. The number of rotatable bonds is 4. The molecule has 0 unspecified atom stereocenters. The minimum atomic E-state index is -0.773. The van der Waals surface area contributed by atoms with E-state index in [4.69, 9.17) is 27.9 Å². The summed E-state index contributed by atoms with van der Waals surface area (Å²) in [5, 5.41) is 3.13. The van der Waals surface area contributed by atoms with Gasteiger partial charge in [0.15, 0.2) is 6.10 Å². The van der Waals surface area contributed by atoms with Crippen LogP contribution in [0.5, 0.6) is 5.75 Å². The number of amides is 1. The molecule has 1 atom stereocenters. The first-order valence-electron chi connectivity index (χ1n) is 6.14. The zero-order chi connectivity index (χ0) is 15.4. The normalized spacial score (nSPS) is 11.8. The van der Waals surface area contributed by atoms with E-state index in [-0.39, 0.29) is 10.9 Å². The van der Waals surface area contributed by atoms with E-state index in [1.165, 1.54) is 18.2 Å². The van der Waals surface area contributed by atoms with Gasteiger partial charge in [0, 0.05) is 16.8 Å². The van der Waals surface area contributed by atoms with Crippen molar-refractivity contribution in [2.24, 2.45) is 0 Å². The molecule has 2 rings (SSSR count). The third-order valence-electron chi connectivity index (χ3n) is 2.67. The quantitative estimate of drug-likeness (QED) is 0.895. The number of hydrogen-bond donors (Lipinski definition) is 1. The SMILES string of the molecule is C[C@H](Oc1ccc(F)c(Cl)c1)C(=O)Nc1cccc(Cl)c1. The minimum absolute atomic E-state index is 0.0602. The van der Waals surface area contributed by atoms with E-state index in [0.29, 0.717) is 16.5 Å². The minimum Gasteiger partial charge on any atom is -0.481 e. The highest BCUT2D eigenvalue weighted by Gasteiger charge is 2.15. The lowest BCUT2D eigenvalue weighted by atomic mass is 10.3. The Morgan fingerprint density at radius 3 is 2.67 bits per heavy atom. The maximum atomic E-state index is 13.0. The van der Waals surface area contributed by atoms with Crippen LogP contribution in [0.15, 0.2) is 42.5 Å². The number of carbonyl (C=O) groups excluding carboxylic acids is 1. The molecule has 2 aromatic rings. The monoisotopic (exact) mass is 327 g/mol. The molecule has 2 aromatic carbocycles. The number of ether oxygens (including phenoxy) is 1. The molecule has 0 aromatic heterocycles. The summed E-state index contributed by atoms with van der Waals surface area (Å²) in [6.07, 6.45) is -0.773. The van der Waals surface area contributed by atoms with Crippen molar-refractivity contribution in [3.8, 4) is 5.75 Å². The fourth-order valence-electron chi connectivity index (χ4n) is 1.62. The van der Waals surface area contributed by atoms with Crippen LogP contribution >= 0.6 is 23.2 Å². The molecule has 0 radical (unpaired) electrons. The lowest BCUT2D eigenvalue weighted by Crippen LogP contribution is -2.30. The molecule has 0 aliphatic heterocycles. The summed E-state index contributed by atoms with van der Waals surface area (Å²) in [5.74, 6) is -0.576. The summed E-state index contributed by atoms with van der Waals surface area (Å²) in [5.41, 5.74) is 0.570. The van der Waals surface area contributed by atoms with Crippen molar-refractivity contribution in [3.05, 3.63) is 58.3 Å². The van der Waals surface area contributed by atoms with Gasteiger partial charge in [0.05, 0.1) is 5.02 Å². The zero-order valence-corrected chi connectivity index (χ0v) is 12.6. The van der Waals surface area contributed by atoms with Crippen LogP contribution in [0.25, 0.3) is 0 Å². The Hall–Kier alpha value is -1.78. The molecule has 6 heteroatoms. The second kappa shape index (κ2) is 6.78. The van der Waals surface area contributed by atoms with Gasteiger partial charge < -0.3 is 10.1 Å². The predicted octanol–water partition coefficient (Wildman–Crippen LogP) is 4.54. The van der Waals surface area contributed by atoms with Gasteiger partial charge in [0.1, 0.15) is 11.6 Å². The smallest absolute Gasteiger partial charge is 0.265 e. The maximum Gasteiger partial charge on any atom is 0.265 e. The molecule has 0 spiro atoms. The third kappa shape index (κ3) is 4.34. The fourth-order valence-corrected chi connectivity index (χ4v) is 1.98. The first-order chi connectivity index (χ1) is 9.95. The molecule has 21 heavy (non-hydrogen) atoms. The van der Waals surface area contributed by atoms with Crippen LogP contribution in [0.1, 0.15) is 6.92 Å². The molecule has 0 aliphatic carbocycles. The van der Waals surface area contributed by atoms with Crippen molar-refractivity contribution >= 4 is 34.8 Å². The van der Waals surface area contributed by atoms with Crippen molar-refractivity contribution in [2.45, 2.75) is 13.0 Å². The Balaban J connectivity index is 2.00. The molecule has 1 amide bonds. The van der Waals surface area contributed by atoms with Crippen LogP contribution in [0.4, 0.5) is 10.1 Å². The topological polar surface area (TPSA) is 38.3 Å². The molecular formula is C15H12Cl2FNO2. The Morgan fingerprint density at radius 1 is 1.24 bits per heavy atom. The van der Waals surface area contributed by atoms with Crippen LogP contribution in [0, 0.1) is 5.82 Å². The largest absolute Gasteiger partial charge is 0.481 e. The summed E-state index contributed by atoms with van der Waals surface area (Å²) in [7, 11) is 0. The molecule has 0 saturated heterocycles. The van der Waals surface area contributed by atoms with E-state index < -0.39 is 11.9 Å². The molecule has 0 fully saturated rings. The van der Waals surface area contributed by atoms with Crippen LogP contribution < -0.4 is 10.1 Å². The Kier molecular flexibility index (Phi) is 5.04. The molecule has 3 nitrogen and oxygen atoms in total.